The first-order valence-corrected chi connectivity index (χ1v) is 8.85. The molecule has 6 nitrogen and oxygen atoms in total. The summed E-state index contributed by atoms with van der Waals surface area (Å²) in [6.45, 7) is 3.61. The molecule has 0 atom stereocenters. The highest BCUT2D eigenvalue weighted by Crippen LogP contribution is 2.19. The van der Waals surface area contributed by atoms with E-state index in [9.17, 15) is 9.59 Å². The van der Waals surface area contributed by atoms with Crippen LogP contribution >= 0.6 is 0 Å². The van der Waals surface area contributed by atoms with E-state index in [1.165, 1.54) is 0 Å². The van der Waals surface area contributed by atoms with E-state index in [2.05, 4.69) is 21.3 Å². The molecular formula is C18H26N4O2. The molecule has 6 heteroatoms. The zero-order chi connectivity index (χ0) is 16.8. The second kappa shape index (κ2) is 8.26. The Labute approximate surface area is 142 Å². The topological polar surface area (TPSA) is 82.3 Å². The lowest BCUT2D eigenvalue weighted by Crippen LogP contribution is -2.34. The summed E-state index contributed by atoms with van der Waals surface area (Å²) in [5.41, 5.74) is 1.55. The highest BCUT2D eigenvalue weighted by Gasteiger charge is 2.22. The molecule has 2 amide bonds. The Morgan fingerprint density at radius 2 is 1.04 bits per heavy atom. The van der Waals surface area contributed by atoms with E-state index >= 15 is 0 Å². The van der Waals surface area contributed by atoms with Crippen LogP contribution in [0.4, 0.5) is 11.4 Å². The minimum absolute atomic E-state index is 0.0861. The number of rotatable bonds is 4. The molecule has 2 aliphatic rings. The maximum absolute atomic E-state index is 12.2. The fraction of sp³-hybridized carbons (Fsp3) is 0.556. The highest BCUT2D eigenvalue weighted by atomic mass is 16.2. The lowest BCUT2D eigenvalue weighted by molar-refractivity contribution is -0.121. The fourth-order valence-electron chi connectivity index (χ4n) is 3.29. The van der Waals surface area contributed by atoms with Crippen molar-refractivity contribution in [3.8, 4) is 0 Å². The van der Waals surface area contributed by atoms with E-state index < -0.39 is 0 Å². The number of benzene rings is 1. The summed E-state index contributed by atoms with van der Waals surface area (Å²) in [6.07, 6.45) is 3.54. The van der Waals surface area contributed by atoms with Crippen LogP contribution < -0.4 is 21.3 Å². The van der Waals surface area contributed by atoms with Crippen molar-refractivity contribution in [2.45, 2.75) is 25.7 Å². The number of hydrogen-bond donors (Lipinski definition) is 4. The summed E-state index contributed by atoms with van der Waals surface area (Å²) in [7, 11) is 0. The molecule has 0 saturated carbocycles. The van der Waals surface area contributed by atoms with Crippen LogP contribution in [0.2, 0.25) is 0 Å². The first kappa shape index (κ1) is 16.9. The summed E-state index contributed by atoms with van der Waals surface area (Å²) in [4.78, 5) is 24.4. The van der Waals surface area contributed by atoms with E-state index in [1.54, 1.807) is 0 Å². The van der Waals surface area contributed by atoms with Crippen molar-refractivity contribution >= 4 is 23.2 Å². The van der Waals surface area contributed by atoms with Gasteiger partial charge in [0.15, 0.2) is 0 Å². The Morgan fingerprint density at radius 1 is 0.708 bits per heavy atom. The van der Waals surface area contributed by atoms with E-state index in [0.717, 1.165) is 63.2 Å². The molecule has 1 aromatic carbocycles. The fourth-order valence-corrected chi connectivity index (χ4v) is 3.29. The van der Waals surface area contributed by atoms with Gasteiger partial charge in [0.05, 0.1) is 0 Å². The van der Waals surface area contributed by atoms with Gasteiger partial charge in [0.25, 0.3) is 0 Å². The molecule has 24 heavy (non-hydrogen) atoms. The van der Waals surface area contributed by atoms with Crippen molar-refractivity contribution < 1.29 is 9.59 Å². The van der Waals surface area contributed by atoms with Crippen molar-refractivity contribution in [1.82, 2.24) is 10.6 Å². The second-order valence-corrected chi connectivity index (χ2v) is 6.60. The third-order valence-electron chi connectivity index (χ3n) is 4.84. The molecule has 4 N–H and O–H groups in total. The predicted molar refractivity (Wildman–Crippen MR) is 94.9 cm³/mol. The van der Waals surface area contributed by atoms with Crippen LogP contribution in [0.1, 0.15) is 25.7 Å². The van der Waals surface area contributed by atoms with Crippen LogP contribution in [0.15, 0.2) is 24.3 Å². The van der Waals surface area contributed by atoms with Gasteiger partial charge in [-0.15, -0.1) is 0 Å². The lowest BCUT2D eigenvalue weighted by Gasteiger charge is -2.22. The Bertz CT molecular complexity index is 510. The standard InChI is InChI=1S/C18H26N4O2/c23-17(13-5-9-19-10-6-13)21-15-1-2-16(4-3-15)22-18(24)14-7-11-20-12-8-14/h1-4,13-14,19-20H,5-12H2,(H,21,23)(H,22,24). The number of carbonyl (C=O) groups excluding carboxylic acids is 2. The lowest BCUT2D eigenvalue weighted by atomic mass is 9.97. The van der Waals surface area contributed by atoms with E-state index in [1.807, 2.05) is 24.3 Å². The Hall–Kier alpha value is -1.92. The third-order valence-corrected chi connectivity index (χ3v) is 4.84. The van der Waals surface area contributed by atoms with E-state index in [4.69, 9.17) is 0 Å². The summed E-state index contributed by atoms with van der Waals surface area (Å²) >= 11 is 0. The van der Waals surface area contributed by atoms with Crippen molar-refractivity contribution in [3.63, 3.8) is 0 Å². The summed E-state index contributed by atoms with van der Waals surface area (Å²) < 4.78 is 0. The largest absolute Gasteiger partial charge is 0.326 e. The van der Waals surface area contributed by atoms with Gasteiger partial charge in [-0.05, 0) is 76.1 Å². The average molecular weight is 330 g/mol. The predicted octanol–water partition coefficient (Wildman–Crippen LogP) is 1.56. The molecular weight excluding hydrogens is 304 g/mol. The first-order valence-electron chi connectivity index (χ1n) is 8.85. The minimum atomic E-state index is 0.0861. The molecule has 3 rings (SSSR count). The molecule has 2 saturated heterocycles. The van der Waals surface area contributed by atoms with Crippen molar-refractivity contribution in [3.05, 3.63) is 24.3 Å². The summed E-state index contributed by atoms with van der Waals surface area (Å²) in [5, 5.41) is 12.5. The monoisotopic (exact) mass is 330 g/mol. The molecule has 0 spiro atoms. The summed E-state index contributed by atoms with van der Waals surface area (Å²) in [6, 6.07) is 7.38. The molecule has 130 valence electrons. The van der Waals surface area contributed by atoms with Crippen molar-refractivity contribution in [1.29, 1.82) is 0 Å². The normalized spacial score (nSPS) is 19.7. The molecule has 0 radical (unpaired) electrons. The molecule has 0 aromatic heterocycles. The molecule has 0 unspecified atom stereocenters. The number of amides is 2. The second-order valence-electron chi connectivity index (χ2n) is 6.60. The van der Waals surface area contributed by atoms with Gasteiger partial charge in [0.2, 0.25) is 11.8 Å². The van der Waals surface area contributed by atoms with Gasteiger partial charge in [-0.25, -0.2) is 0 Å². The minimum Gasteiger partial charge on any atom is -0.326 e. The van der Waals surface area contributed by atoms with Gasteiger partial charge in [-0.2, -0.15) is 0 Å². The maximum atomic E-state index is 12.2. The van der Waals surface area contributed by atoms with E-state index in [0.29, 0.717) is 0 Å². The zero-order valence-electron chi connectivity index (χ0n) is 13.9. The van der Waals surface area contributed by atoms with E-state index in [-0.39, 0.29) is 23.7 Å². The molecule has 1 aromatic rings. The van der Waals surface area contributed by atoms with Crippen molar-refractivity contribution in [2.24, 2.45) is 11.8 Å². The van der Waals surface area contributed by atoms with Crippen LogP contribution in [0.25, 0.3) is 0 Å². The van der Waals surface area contributed by atoms with Crippen LogP contribution in [0, 0.1) is 11.8 Å². The van der Waals surface area contributed by atoms with Crippen LogP contribution in [-0.4, -0.2) is 38.0 Å². The SMILES string of the molecule is O=C(Nc1ccc(NC(=O)C2CCNCC2)cc1)C1CCNCC1. The Balaban J connectivity index is 1.51. The molecule has 0 bridgehead atoms. The van der Waals surface area contributed by atoms with Crippen molar-refractivity contribution in [2.75, 3.05) is 36.8 Å². The maximum Gasteiger partial charge on any atom is 0.227 e. The van der Waals surface area contributed by atoms with Crippen LogP contribution in [-0.2, 0) is 9.59 Å². The smallest absolute Gasteiger partial charge is 0.227 e. The first-order chi connectivity index (χ1) is 11.7. The summed E-state index contributed by atoms with van der Waals surface area (Å²) in [5.74, 6) is 0.349. The van der Waals surface area contributed by atoms with Gasteiger partial charge < -0.3 is 21.3 Å². The van der Waals surface area contributed by atoms with Gasteiger partial charge in [0, 0.05) is 23.2 Å². The molecule has 2 fully saturated rings. The van der Waals surface area contributed by atoms with Gasteiger partial charge in [-0.3, -0.25) is 9.59 Å². The third kappa shape index (κ3) is 4.55. The molecule has 2 heterocycles. The molecule has 2 aliphatic heterocycles. The Kier molecular flexibility index (Phi) is 5.82. The van der Waals surface area contributed by atoms with Gasteiger partial charge in [0.1, 0.15) is 0 Å². The number of carbonyl (C=O) groups is 2. The van der Waals surface area contributed by atoms with Crippen LogP contribution in [0.3, 0.4) is 0 Å². The molecule has 0 aliphatic carbocycles. The highest BCUT2D eigenvalue weighted by molar-refractivity contribution is 5.94. The zero-order valence-corrected chi connectivity index (χ0v) is 13.9. The number of piperidine rings is 2. The Morgan fingerprint density at radius 3 is 1.38 bits per heavy atom. The van der Waals surface area contributed by atoms with Gasteiger partial charge in [-0.1, -0.05) is 0 Å². The number of nitrogens with one attached hydrogen (secondary N) is 4. The average Bonchev–Trinajstić information content (AvgIpc) is 2.65. The van der Waals surface area contributed by atoms with Crippen LogP contribution in [0.5, 0.6) is 0 Å². The quantitative estimate of drug-likeness (QED) is 0.675. The number of anilines is 2. The number of hydrogen-bond acceptors (Lipinski definition) is 4. The van der Waals surface area contributed by atoms with Gasteiger partial charge >= 0.3 is 0 Å².